The Balaban J connectivity index is 1.49. The number of aromatic nitrogens is 3. The van der Waals surface area contributed by atoms with E-state index in [0.29, 0.717) is 23.4 Å². The van der Waals surface area contributed by atoms with E-state index < -0.39 is 0 Å². The molecule has 28 heavy (non-hydrogen) atoms. The fourth-order valence-electron chi connectivity index (χ4n) is 3.42. The fourth-order valence-corrected chi connectivity index (χ4v) is 4.23. The molecule has 2 fully saturated rings. The van der Waals surface area contributed by atoms with E-state index >= 15 is 0 Å². The smallest absolute Gasteiger partial charge is 0.230 e. The summed E-state index contributed by atoms with van der Waals surface area (Å²) in [4.78, 5) is 14.5. The second-order valence-corrected chi connectivity index (χ2v) is 8.53. The molecular weight excluding hydrogens is 377 g/mol. The van der Waals surface area contributed by atoms with Crippen molar-refractivity contribution in [2.75, 3.05) is 25.4 Å². The summed E-state index contributed by atoms with van der Waals surface area (Å²) < 4.78 is 15.4. The van der Waals surface area contributed by atoms with Crippen LogP contribution in [0.2, 0.25) is 0 Å². The number of hydrogen-bond acceptors (Lipinski definition) is 5. The molecule has 0 atom stereocenters. The van der Waals surface area contributed by atoms with Gasteiger partial charge in [-0.15, -0.1) is 10.2 Å². The van der Waals surface area contributed by atoms with Crippen molar-refractivity contribution in [3.63, 3.8) is 0 Å². The van der Waals surface area contributed by atoms with Gasteiger partial charge in [0.15, 0.2) is 11.0 Å². The lowest BCUT2D eigenvalue weighted by Gasteiger charge is -2.26. The molecule has 1 saturated carbocycles. The maximum absolute atomic E-state index is 13.4. The van der Waals surface area contributed by atoms with Gasteiger partial charge in [-0.1, -0.05) is 18.2 Å². The molecule has 150 valence electrons. The highest BCUT2D eigenvalue weighted by Gasteiger charge is 2.22. The summed E-state index contributed by atoms with van der Waals surface area (Å²) in [5.74, 6) is 1.53. The summed E-state index contributed by atoms with van der Waals surface area (Å²) in [5.41, 5.74) is 0.819. The maximum Gasteiger partial charge on any atom is 0.230 e. The van der Waals surface area contributed by atoms with E-state index in [9.17, 15) is 9.18 Å². The van der Waals surface area contributed by atoms with E-state index in [-0.39, 0.29) is 11.7 Å². The number of likely N-dealkylation sites (tertiary alicyclic amines) is 1. The highest BCUT2D eigenvalue weighted by atomic mass is 32.2. The third-order valence-corrected chi connectivity index (χ3v) is 6.15. The number of thioether (sulfide) groups is 1. The Morgan fingerprint density at radius 3 is 2.61 bits per heavy atom. The zero-order valence-corrected chi connectivity index (χ0v) is 16.8. The van der Waals surface area contributed by atoms with Crippen LogP contribution >= 0.6 is 11.8 Å². The van der Waals surface area contributed by atoms with E-state index in [1.807, 2.05) is 4.57 Å². The monoisotopic (exact) mass is 403 g/mol. The van der Waals surface area contributed by atoms with Crippen molar-refractivity contribution in [3.8, 4) is 5.69 Å². The third kappa shape index (κ3) is 5.11. The predicted octanol–water partition coefficient (Wildman–Crippen LogP) is 3.01. The number of piperidine rings is 1. The van der Waals surface area contributed by atoms with Crippen molar-refractivity contribution >= 4 is 17.7 Å². The average Bonchev–Trinajstić information content (AvgIpc) is 3.47. The zero-order chi connectivity index (χ0) is 19.3. The molecule has 1 aromatic heterocycles. The fraction of sp³-hybridized carbons (Fsp3) is 0.550. The number of benzene rings is 1. The van der Waals surface area contributed by atoms with Crippen LogP contribution in [0.5, 0.6) is 0 Å². The van der Waals surface area contributed by atoms with Crippen LogP contribution in [0.1, 0.15) is 37.9 Å². The molecule has 1 N–H and O–H groups in total. The number of hydrogen-bond donors (Lipinski definition) is 1. The molecule has 1 aromatic carbocycles. The van der Waals surface area contributed by atoms with Gasteiger partial charge in [0, 0.05) is 12.2 Å². The Morgan fingerprint density at radius 1 is 1.14 bits per heavy atom. The maximum atomic E-state index is 13.4. The molecule has 0 bridgehead atoms. The van der Waals surface area contributed by atoms with Crippen LogP contribution in [0.3, 0.4) is 0 Å². The molecule has 1 aliphatic heterocycles. The molecule has 8 heteroatoms. The first-order chi connectivity index (χ1) is 13.7. The minimum absolute atomic E-state index is 0.0168. The third-order valence-electron chi connectivity index (χ3n) is 5.22. The molecule has 2 heterocycles. The first-order valence-electron chi connectivity index (χ1n) is 10.0. The quantitative estimate of drug-likeness (QED) is 0.687. The Morgan fingerprint density at radius 2 is 1.89 bits per heavy atom. The van der Waals surface area contributed by atoms with Gasteiger partial charge in [0.1, 0.15) is 5.82 Å². The van der Waals surface area contributed by atoms with Gasteiger partial charge in [0.2, 0.25) is 5.91 Å². The molecule has 2 aliphatic rings. The lowest BCUT2D eigenvalue weighted by Crippen LogP contribution is -2.30. The molecule has 4 rings (SSSR count). The molecule has 2 aromatic rings. The Kier molecular flexibility index (Phi) is 6.26. The zero-order valence-electron chi connectivity index (χ0n) is 15.9. The van der Waals surface area contributed by atoms with Gasteiger partial charge in [-0.25, -0.2) is 4.39 Å². The van der Waals surface area contributed by atoms with Gasteiger partial charge in [-0.3, -0.25) is 14.3 Å². The van der Waals surface area contributed by atoms with Gasteiger partial charge < -0.3 is 5.32 Å². The number of carbonyl (C=O) groups is 1. The largest absolute Gasteiger partial charge is 0.355 e. The summed E-state index contributed by atoms with van der Waals surface area (Å²) in [6, 6.07) is 6.35. The highest BCUT2D eigenvalue weighted by molar-refractivity contribution is 7.99. The molecule has 1 aliphatic carbocycles. The van der Waals surface area contributed by atoms with Gasteiger partial charge >= 0.3 is 0 Å². The topological polar surface area (TPSA) is 63.1 Å². The van der Waals surface area contributed by atoms with Gasteiger partial charge in [-0.05, 0) is 69.0 Å². The first-order valence-corrected chi connectivity index (χ1v) is 11.0. The standard InChI is InChI=1S/C20H26FN5OS/c21-16-6-8-17(9-7-16)26-18(13-25-10-2-1-3-11-25)23-24-20(26)28-14-19(27)22-12-15-4-5-15/h6-9,15H,1-5,10-14H2,(H,22,27). The highest BCUT2D eigenvalue weighted by Crippen LogP contribution is 2.28. The summed E-state index contributed by atoms with van der Waals surface area (Å²) in [5, 5.41) is 12.4. The normalized spacial score (nSPS) is 17.6. The van der Waals surface area contributed by atoms with Crippen molar-refractivity contribution in [1.82, 2.24) is 25.0 Å². The number of nitrogens with one attached hydrogen (secondary N) is 1. The van der Waals surface area contributed by atoms with E-state index in [0.717, 1.165) is 31.1 Å². The minimum Gasteiger partial charge on any atom is -0.355 e. The van der Waals surface area contributed by atoms with Crippen LogP contribution in [0, 0.1) is 11.7 Å². The van der Waals surface area contributed by atoms with Crippen molar-refractivity contribution < 1.29 is 9.18 Å². The average molecular weight is 404 g/mol. The molecule has 0 unspecified atom stereocenters. The molecule has 1 amide bonds. The van der Waals surface area contributed by atoms with E-state index in [4.69, 9.17) is 0 Å². The van der Waals surface area contributed by atoms with E-state index in [1.54, 1.807) is 12.1 Å². The van der Waals surface area contributed by atoms with Gasteiger partial charge in [-0.2, -0.15) is 0 Å². The minimum atomic E-state index is -0.275. The molecule has 1 saturated heterocycles. The van der Waals surface area contributed by atoms with Gasteiger partial charge in [0.25, 0.3) is 0 Å². The predicted molar refractivity (Wildman–Crippen MR) is 107 cm³/mol. The van der Waals surface area contributed by atoms with Crippen molar-refractivity contribution in [3.05, 3.63) is 35.9 Å². The Hall–Kier alpha value is -1.93. The number of rotatable bonds is 8. The lowest BCUT2D eigenvalue weighted by molar-refractivity contribution is -0.118. The van der Waals surface area contributed by atoms with Crippen molar-refractivity contribution in [2.45, 2.75) is 43.8 Å². The summed E-state index contributed by atoms with van der Waals surface area (Å²) in [6.45, 7) is 3.59. The summed E-state index contributed by atoms with van der Waals surface area (Å²) in [6.07, 6.45) is 6.11. The molecule has 0 radical (unpaired) electrons. The molecule has 0 spiro atoms. The van der Waals surface area contributed by atoms with Crippen LogP contribution in [-0.4, -0.2) is 51.0 Å². The number of carbonyl (C=O) groups excluding carboxylic acids is 1. The molecular formula is C20H26FN5OS. The van der Waals surface area contributed by atoms with E-state index in [1.165, 1.54) is 56.0 Å². The van der Waals surface area contributed by atoms with Crippen molar-refractivity contribution in [2.24, 2.45) is 5.92 Å². The van der Waals surface area contributed by atoms with E-state index in [2.05, 4.69) is 20.4 Å². The Labute approximate surface area is 168 Å². The number of nitrogens with zero attached hydrogens (tertiary/aromatic N) is 4. The second kappa shape index (κ2) is 9.05. The number of halogens is 1. The summed E-state index contributed by atoms with van der Waals surface area (Å²) in [7, 11) is 0. The van der Waals surface area contributed by atoms with Crippen LogP contribution in [0.4, 0.5) is 4.39 Å². The van der Waals surface area contributed by atoms with Crippen LogP contribution < -0.4 is 5.32 Å². The number of amides is 1. The molecule has 6 nitrogen and oxygen atoms in total. The second-order valence-electron chi connectivity index (χ2n) is 7.58. The van der Waals surface area contributed by atoms with Crippen molar-refractivity contribution in [1.29, 1.82) is 0 Å². The van der Waals surface area contributed by atoms with Crippen LogP contribution in [-0.2, 0) is 11.3 Å². The summed E-state index contributed by atoms with van der Waals surface area (Å²) >= 11 is 1.37. The first kappa shape index (κ1) is 19.4. The lowest BCUT2D eigenvalue weighted by atomic mass is 10.1. The van der Waals surface area contributed by atoms with Gasteiger partial charge in [0.05, 0.1) is 12.3 Å². The Bertz CT molecular complexity index is 799. The SMILES string of the molecule is O=C(CSc1nnc(CN2CCCCC2)n1-c1ccc(F)cc1)NCC1CC1. The van der Waals surface area contributed by atoms with Crippen LogP contribution in [0.15, 0.2) is 29.4 Å². The van der Waals surface area contributed by atoms with Crippen LogP contribution in [0.25, 0.3) is 5.69 Å².